The summed E-state index contributed by atoms with van der Waals surface area (Å²) in [6.45, 7) is 6.21. The lowest BCUT2D eigenvalue weighted by atomic mass is 9.67. The molecular formula is C27H32N4O4. The normalized spacial score (nSPS) is 20.6. The van der Waals surface area contributed by atoms with Crippen molar-refractivity contribution in [3.05, 3.63) is 60.0 Å². The van der Waals surface area contributed by atoms with E-state index in [2.05, 4.69) is 22.3 Å². The lowest BCUT2D eigenvalue weighted by molar-refractivity contribution is 0.0123. The fraction of sp³-hybridized carbons (Fsp3) is 0.481. The van der Waals surface area contributed by atoms with E-state index in [1.54, 1.807) is 19.4 Å². The Morgan fingerprint density at radius 1 is 1.17 bits per heavy atom. The summed E-state index contributed by atoms with van der Waals surface area (Å²) in [4.78, 5) is 24.3. The Morgan fingerprint density at radius 2 is 1.94 bits per heavy atom. The van der Waals surface area contributed by atoms with E-state index in [0.717, 1.165) is 31.2 Å². The van der Waals surface area contributed by atoms with E-state index < -0.39 is 5.60 Å². The van der Waals surface area contributed by atoms with Gasteiger partial charge in [-0.15, -0.1) is 0 Å². The first-order chi connectivity index (χ1) is 16.8. The molecule has 0 bridgehead atoms. The molecule has 0 radical (unpaired) electrons. The Morgan fingerprint density at radius 3 is 2.54 bits per heavy atom. The molecule has 2 atom stereocenters. The third-order valence-corrected chi connectivity index (χ3v) is 6.89. The fourth-order valence-electron chi connectivity index (χ4n) is 4.79. The summed E-state index contributed by atoms with van der Waals surface area (Å²) in [6, 6.07) is 14.1. The minimum Gasteiger partial charge on any atom is -0.481 e. The molecule has 184 valence electrons. The third kappa shape index (κ3) is 4.88. The molecule has 35 heavy (non-hydrogen) atoms. The molecule has 0 saturated heterocycles. The largest absolute Gasteiger partial charge is 0.481 e. The van der Waals surface area contributed by atoms with Crippen LogP contribution in [-0.4, -0.2) is 51.4 Å². The van der Waals surface area contributed by atoms with E-state index in [1.165, 1.54) is 5.56 Å². The van der Waals surface area contributed by atoms with Crippen LogP contribution in [-0.2, 0) is 10.2 Å². The summed E-state index contributed by atoms with van der Waals surface area (Å²) in [7, 11) is 1.58. The fourth-order valence-corrected chi connectivity index (χ4v) is 4.79. The number of methoxy groups -OCH3 is 1. The quantitative estimate of drug-likeness (QED) is 0.454. The number of hydrogen-bond donors (Lipinski definition) is 0. The van der Waals surface area contributed by atoms with Crippen LogP contribution < -0.4 is 4.74 Å². The van der Waals surface area contributed by atoms with Crippen molar-refractivity contribution in [1.82, 2.24) is 20.0 Å². The van der Waals surface area contributed by atoms with Gasteiger partial charge in [0, 0.05) is 30.8 Å². The minimum atomic E-state index is -0.570. The third-order valence-electron chi connectivity index (χ3n) is 6.89. The number of ether oxygens (including phenoxy) is 2. The van der Waals surface area contributed by atoms with E-state index in [4.69, 9.17) is 19.0 Å². The van der Waals surface area contributed by atoms with Crippen LogP contribution in [0.25, 0.3) is 11.5 Å². The number of aromatic nitrogens is 3. The predicted octanol–water partition coefficient (Wildman–Crippen LogP) is 5.36. The van der Waals surface area contributed by atoms with E-state index in [-0.39, 0.29) is 17.6 Å². The Bertz CT molecular complexity index is 1170. The van der Waals surface area contributed by atoms with Crippen molar-refractivity contribution in [2.75, 3.05) is 13.7 Å². The molecule has 2 heterocycles. The Balaban J connectivity index is 1.39. The average Bonchev–Trinajstić information content (AvgIpc) is 3.45. The van der Waals surface area contributed by atoms with E-state index in [0.29, 0.717) is 30.1 Å². The van der Waals surface area contributed by atoms with Crippen molar-refractivity contribution >= 4 is 6.09 Å². The van der Waals surface area contributed by atoms with Crippen LogP contribution in [0.5, 0.6) is 5.88 Å². The number of carbonyl (C=O) groups is 1. The second-order valence-corrected chi connectivity index (χ2v) is 10.6. The van der Waals surface area contributed by atoms with Crippen molar-refractivity contribution in [3.63, 3.8) is 0 Å². The molecule has 2 aromatic heterocycles. The van der Waals surface area contributed by atoms with E-state index in [1.807, 2.05) is 49.9 Å². The monoisotopic (exact) mass is 476 g/mol. The van der Waals surface area contributed by atoms with Gasteiger partial charge < -0.3 is 18.9 Å². The molecule has 2 aliphatic rings. The molecular weight excluding hydrogens is 444 g/mol. The molecule has 0 spiro atoms. The molecule has 0 aliphatic heterocycles. The molecule has 2 fully saturated rings. The van der Waals surface area contributed by atoms with E-state index >= 15 is 0 Å². The molecule has 3 aromatic rings. The summed E-state index contributed by atoms with van der Waals surface area (Å²) in [5.41, 5.74) is 1.07. The van der Waals surface area contributed by atoms with Gasteiger partial charge in [-0.2, -0.15) is 4.98 Å². The zero-order chi connectivity index (χ0) is 24.6. The molecule has 5 rings (SSSR count). The van der Waals surface area contributed by atoms with Gasteiger partial charge in [-0.05, 0) is 51.7 Å². The zero-order valence-electron chi connectivity index (χ0n) is 20.7. The van der Waals surface area contributed by atoms with Gasteiger partial charge in [0.15, 0.2) is 5.82 Å². The topological polar surface area (TPSA) is 90.6 Å². The van der Waals surface area contributed by atoms with Gasteiger partial charge in [0.1, 0.15) is 5.60 Å². The molecule has 0 N–H and O–H groups in total. The van der Waals surface area contributed by atoms with Gasteiger partial charge in [0.25, 0.3) is 5.89 Å². The maximum atomic E-state index is 13.4. The molecule has 2 aliphatic carbocycles. The predicted molar refractivity (Wildman–Crippen MR) is 130 cm³/mol. The van der Waals surface area contributed by atoms with Gasteiger partial charge in [-0.25, -0.2) is 9.78 Å². The Hall–Kier alpha value is -3.42. The highest BCUT2D eigenvalue weighted by molar-refractivity contribution is 5.70. The van der Waals surface area contributed by atoms with Crippen molar-refractivity contribution in [1.29, 1.82) is 0 Å². The van der Waals surface area contributed by atoms with Crippen LogP contribution in [0.1, 0.15) is 63.8 Å². The van der Waals surface area contributed by atoms with Gasteiger partial charge in [-0.3, -0.25) is 0 Å². The van der Waals surface area contributed by atoms with Crippen molar-refractivity contribution < 1.29 is 18.8 Å². The molecule has 1 aromatic carbocycles. The molecule has 1 unspecified atom stereocenters. The smallest absolute Gasteiger partial charge is 0.410 e. The van der Waals surface area contributed by atoms with Crippen molar-refractivity contribution in [3.8, 4) is 17.3 Å². The number of carbonyl (C=O) groups excluding carboxylic acids is 1. The second kappa shape index (κ2) is 8.98. The highest BCUT2D eigenvalue weighted by atomic mass is 16.6. The van der Waals surface area contributed by atoms with Crippen LogP contribution in [0.2, 0.25) is 0 Å². The van der Waals surface area contributed by atoms with Crippen LogP contribution in [0.15, 0.2) is 53.2 Å². The SMILES string of the molecule is COc1ccc(-c2nc(C3(CN(C(=O)OC(C)(C)C)[C@H]4CC4c4ccccc4)CCC3)no2)cn1. The van der Waals surface area contributed by atoms with Crippen LogP contribution >= 0.6 is 0 Å². The number of benzene rings is 1. The number of amides is 1. The Kier molecular flexibility index (Phi) is 5.99. The molecule has 1 amide bonds. The Labute approximate surface area is 205 Å². The molecule has 8 heteroatoms. The first kappa shape index (κ1) is 23.3. The number of pyridine rings is 1. The van der Waals surface area contributed by atoms with Crippen molar-refractivity contribution in [2.24, 2.45) is 0 Å². The number of rotatable bonds is 7. The summed E-state index contributed by atoms with van der Waals surface area (Å²) in [6.07, 6.45) is 5.15. The summed E-state index contributed by atoms with van der Waals surface area (Å²) in [5, 5.41) is 4.35. The number of nitrogens with zero attached hydrogens (tertiary/aromatic N) is 4. The maximum absolute atomic E-state index is 13.4. The first-order valence-electron chi connectivity index (χ1n) is 12.2. The molecule has 2 saturated carbocycles. The van der Waals surface area contributed by atoms with Gasteiger partial charge in [0.2, 0.25) is 5.88 Å². The van der Waals surface area contributed by atoms with E-state index in [9.17, 15) is 4.79 Å². The van der Waals surface area contributed by atoms with Crippen LogP contribution in [0.4, 0.5) is 4.79 Å². The summed E-state index contributed by atoms with van der Waals surface area (Å²) >= 11 is 0. The minimum absolute atomic E-state index is 0.0990. The van der Waals surface area contributed by atoms with Crippen molar-refractivity contribution in [2.45, 2.75) is 69.4 Å². The lowest BCUT2D eigenvalue weighted by Crippen LogP contribution is -2.50. The average molecular weight is 477 g/mol. The zero-order valence-corrected chi connectivity index (χ0v) is 20.7. The molecule has 8 nitrogen and oxygen atoms in total. The number of hydrogen-bond acceptors (Lipinski definition) is 7. The summed E-state index contributed by atoms with van der Waals surface area (Å²) in [5.74, 6) is 1.89. The first-order valence-corrected chi connectivity index (χ1v) is 12.2. The standard InChI is InChI=1S/C27H32N4O4/c1-26(2,3)34-25(32)31(21-15-20(21)18-9-6-5-7-10-18)17-27(13-8-14-27)24-29-23(35-30-24)19-11-12-22(33-4)28-16-19/h5-7,9-12,16,20-21H,8,13-15,17H2,1-4H3/t20?,21-/m0/s1. The highest BCUT2D eigenvalue weighted by Gasteiger charge is 2.52. The highest BCUT2D eigenvalue weighted by Crippen LogP contribution is 2.49. The maximum Gasteiger partial charge on any atom is 0.410 e. The second-order valence-electron chi connectivity index (χ2n) is 10.6. The van der Waals surface area contributed by atoms with Crippen LogP contribution in [0, 0.1) is 0 Å². The lowest BCUT2D eigenvalue weighted by Gasteiger charge is -2.43. The van der Waals surface area contributed by atoms with Gasteiger partial charge in [-0.1, -0.05) is 41.9 Å². The van der Waals surface area contributed by atoms with Gasteiger partial charge in [0.05, 0.1) is 18.1 Å². The van der Waals surface area contributed by atoms with Gasteiger partial charge >= 0.3 is 6.09 Å². The van der Waals surface area contributed by atoms with Crippen LogP contribution in [0.3, 0.4) is 0 Å². The summed E-state index contributed by atoms with van der Waals surface area (Å²) < 4.78 is 16.6.